The quantitative estimate of drug-likeness (QED) is 0.848. The first-order valence-electron chi connectivity index (χ1n) is 6.22. The standard InChI is InChI=1S/C13H14BrCl2NO3/c14-10-4-8(15)5-11(16)13(10)20-7-12(18)17-6-9-2-1-3-19-9/h4-5,9H,1-3,6-7H2,(H,17,18). The molecule has 7 heteroatoms. The first kappa shape index (κ1) is 15.9. The topological polar surface area (TPSA) is 47.6 Å². The van der Waals surface area contributed by atoms with E-state index in [9.17, 15) is 4.79 Å². The normalized spacial score (nSPS) is 18.1. The summed E-state index contributed by atoms with van der Waals surface area (Å²) >= 11 is 15.1. The molecular weight excluding hydrogens is 369 g/mol. The Labute approximate surface area is 135 Å². The van der Waals surface area contributed by atoms with Gasteiger partial charge in [0.2, 0.25) is 0 Å². The van der Waals surface area contributed by atoms with Gasteiger partial charge >= 0.3 is 0 Å². The SMILES string of the molecule is O=C(COc1c(Cl)cc(Cl)cc1Br)NCC1CCCO1. The van der Waals surface area contributed by atoms with Crippen LogP contribution in [-0.2, 0) is 9.53 Å². The molecule has 1 N–H and O–H groups in total. The molecule has 1 amide bonds. The van der Waals surface area contributed by atoms with Crippen molar-refractivity contribution in [1.29, 1.82) is 0 Å². The maximum atomic E-state index is 11.7. The van der Waals surface area contributed by atoms with Crippen molar-refractivity contribution >= 4 is 45.0 Å². The molecule has 1 fully saturated rings. The lowest BCUT2D eigenvalue weighted by molar-refractivity contribution is -0.123. The van der Waals surface area contributed by atoms with Gasteiger partial charge in [-0.25, -0.2) is 0 Å². The van der Waals surface area contributed by atoms with Crippen LogP contribution < -0.4 is 10.1 Å². The third-order valence-corrected chi connectivity index (χ3v) is 3.95. The molecule has 0 bridgehead atoms. The number of benzene rings is 1. The van der Waals surface area contributed by atoms with Gasteiger partial charge in [-0.3, -0.25) is 4.79 Å². The summed E-state index contributed by atoms with van der Waals surface area (Å²) in [7, 11) is 0. The van der Waals surface area contributed by atoms with Gasteiger partial charge < -0.3 is 14.8 Å². The second-order valence-corrected chi connectivity index (χ2v) is 6.12. The van der Waals surface area contributed by atoms with E-state index >= 15 is 0 Å². The van der Waals surface area contributed by atoms with Gasteiger partial charge in [-0.05, 0) is 40.9 Å². The van der Waals surface area contributed by atoms with E-state index in [1.807, 2.05) is 0 Å². The second-order valence-electron chi connectivity index (χ2n) is 4.43. The van der Waals surface area contributed by atoms with Crippen LogP contribution in [0.25, 0.3) is 0 Å². The maximum Gasteiger partial charge on any atom is 0.258 e. The molecule has 2 rings (SSSR count). The summed E-state index contributed by atoms with van der Waals surface area (Å²) in [6.07, 6.45) is 2.14. The van der Waals surface area contributed by atoms with Crippen molar-refractivity contribution in [2.45, 2.75) is 18.9 Å². The number of nitrogens with one attached hydrogen (secondary N) is 1. The highest BCUT2D eigenvalue weighted by Gasteiger charge is 2.17. The average molecular weight is 383 g/mol. The Morgan fingerprint density at radius 1 is 1.50 bits per heavy atom. The Bertz CT molecular complexity index is 469. The minimum atomic E-state index is -0.210. The highest BCUT2D eigenvalue weighted by atomic mass is 79.9. The minimum absolute atomic E-state index is 0.104. The van der Waals surface area contributed by atoms with E-state index in [0.717, 1.165) is 19.4 Å². The Morgan fingerprint density at radius 3 is 2.95 bits per heavy atom. The molecule has 0 spiro atoms. The number of hydrogen-bond acceptors (Lipinski definition) is 3. The van der Waals surface area contributed by atoms with Crippen LogP contribution in [-0.4, -0.2) is 31.8 Å². The Hall–Kier alpha value is -0.490. The first-order valence-corrected chi connectivity index (χ1v) is 7.77. The molecule has 110 valence electrons. The fraction of sp³-hybridized carbons (Fsp3) is 0.462. The van der Waals surface area contributed by atoms with Gasteiger partial charge in [0.05, 0.1) is 15.6 Å². The fourth-order valence-electron chi connectivity index (χ4n) is 1.89. The number of ether oxygens (including phenoxy) is 2. The highest BCUT2D eigenvalue weighted by Crippen LogP contribution is 2.35. The zero-order valence-corrected chi connectivity index (χ0v) is 13.7. The molecular formula is C13H14BrCl2NO3. The van der Waals surface area contributed by atoms with Crippen molar-refractivity contribution in [3.05, 3.63) is 26.7 Å². The Morgan fingerprint density at radius 2 is 2.30 bits per heavy atom. The molecule has 1 aromatic rings. The third-order valence-electron chi connectivity index (χ3n) is 2.86. The average Bonchev–Trinajstić information content (AvgIpc) is 2.88. The maximum absolute atomic E-state index is 11.7. The molecule has 0 radical (unpaired) electrons. The largest absolute Gasteiger partial charge is 0.481 e. The molecule has 1 heterocycles. The fourth-order valence-corrected chi connectivity index (χ4v) is 3.26. The van der Waals surface area contributed by atoms with E-state index in [-0.39, 0.29) is 18.6 Å². The first-order chi connectivity index (χ1) is 9.56. The molecule has 0 aromatic heterocycles. The van der Waals surface area contributed by atoms with Gasteiger partial charge in [-0.15, -0.1) is 0 Å². The van der Waals surface area contributed by atoms with Gasteiger partial charge in [-0.2, -0.15) is 0 Å². The lowest BCUT2D eigenvalue weighted by Crippen LogP contribution is -2.35. The van der Waals surface area contributed by atoms with Crippen molar-refractivity contribution in [1.82, 2.24) is 5.32 Å². The summed E-state index contributed by atoms with van der Waals surface area (Å²) in [6, 6.07) is 3.22. The number of carbonyl (C=O) groups is 1. The zero-order chi connectivity index (χ0) is 14.5. The van der Waals surface area contributed by atoms with Crippen LogP contribution in [0.4, 0.5) is 0 Å². The highest BCUT2D eigenvalue weighted by molar-refractivity contribution is 9.10. The summed E-state index contributed by atoms with van der Waals surface area (Å²) < 4.78 is 11.4. The predicted octanol–water partition coefficient (Wildman–Crippen LogP) is 3.43. The second kappa shape index (κ2) is 7.50. The lowest BCUT2D eigenvalue weighted by Gasteiger charge is -2.13. The number of carbonyl (C=O) groups excluding carboxylic acids is 1. The van der Waals surface area contributed by atoms with Crippen molar-refractivity contribution in [3.8, 4) is 5.75 Å². The molecule has 0 saturated carbocycles. The number of hydrogen-bond donors (Lipinski definition) is 1. The summed E-state index contributed by atoms with van der Waals surface area (Å²) in [6.45, 7) is 1.18. The van der Waals surface area contributed by atoms with Gasteiger partial charge in [-0.1, -0.05) is 23.2 Å². The monoisotopic (exact) mass is 381 g/mol. The summed E-state index contributed by atoms with van der Waals surface area (Å²) in [4.78, 5) is 11.7. The van der Waals surface area contributed by atoms with Crippen molar-refractivity contribution in [2.75, 3.05) is 19.8 Å². The molecule has 1 aromatic carbocycles. The Kier molecular flexibility index (Phi) is 5.96. The van der Waals surface area contributed by atoms with Crippen LogP contribution in [0.1, 0.15) is 12.8 Å². The molecule has 20 heavy (non-hydrogen) atoms. The van der Waals surface area contributed by atoms with Crippen molar-refractivity contribution < 1.29 is 14.3 Å². The van der Waals surface area contributed by atoms with Crippen LogP contribution >= 0.6 is 39.1 Å². The van der Waals surface area contributed by atoms with E-state index in [1.165, 1.54) is 0 Å². The third kappa shape index (κ3) is 4.52. The molecule has 1 saturated heterocycles. The van der Waals surface area contributed by atoms with E-state index < -0.39 is 0 Å². The molecule has 1 aliphatic rings. The van der Waals surface area contributed by atoms with Crippen LogP contribution in [0, 0.1) is 0 Å². The van der Waals surface area contributed by atoms with E-state index in [0.29, 0.717) is 26.8 Å². The lowest BCUT2D eigenvalue weighted by atomic mass is 10.2. The number of halogens is 3. The van der Waals surface area contributed by atoms with E-state index in [1.54, 1.807) is 12.1 Å². The molecule has 1 aliphatic heterocycles. The molecule has 0 aliphatic carbocycles. The van der Waals surface area contributed by atoms with Gasteiger partial charge in [0, 0.05) is 18.2 Å². The minimum Gasteiger partial charge on any atom is -0.481 e. The molecule has 1 unspecified atom stereocenters. The van der Waals surface area contributed by atoms with Gasteiger partial charge in [0.25, 0.3) is 5.91 Å². The van der Waals surface area contributed by atoms with E-state index in [4.69, 9.17) is 32.7 Å². The Balaban J connectivity index is 1.81. The smallest absolute Gasteiger partial charge is 0.258 e. The van der Waals surface area contributed by atoms with Crippen LogP contribution in [0.3, 0.4) is 0 Å². The number of rotatable bonds is 5. The van der Waals surface area contributed by atoms with Gasteiger partial charge in [0.15, 0.2) is 12.4 Å². The van der Waals surface area contributed by atoms with Gasteiger partial charge in [0.1, 0.15) is 0 Å². The van der Waals surface area contributed by atoms with Crippen molar-refractivity contribution in [2.24, 2.45) is 0 Å². The molecule has 1 atom stereocenters. The predicted molar refractivity (Wildman–Crippen MR) is 81.6 cm³/mol. The van der Waals surface area contributed by atoms with Crippen LogP contribution in [0.15, 0.2) is 16.6 Å². The summed E-state index contributed by atoms with van der Waals surface area (Å²) in [5, 5.41) is 3.63. The van der Waals surface area contributed by atoms with Crippen LogP contribution in [0.2, 0.25) is 10.0 Å². The van der Waals surface area contributed by atoms with Crippen LogP contribution in [0.5, 0.6) is 5.75 Å². The van der Waals surface area contributed by atoms with Crippen molar-refractivity contribution in [3.63, 3.8) is 0 Å². The zero-order valence-electron chi connectivity index (χ0n) is 10.6. The summed E-state index contributed by atoms with van der Waals surface area (Å²) in [5.41, 5.74) is 0. The molecule has 4 nitrogen and oxygen atoms in total. The van der Waals surface area contributed by atoms with E-state index in [2.05, 4.69) is 21.2 Å². The summed E-state index contributed by atoms with van der Waals surface area (Å²) in [5.74, 6) is 0.196. The number of amides is 1.